The lowest BCUT2D eigenvalue weighted by Gasteiger charge is -2.10. The van der Waals surface area contributed by atoms with Crippen LogP contribution in [0.2, 0.25) is 5.02 Å². The van der Waals surface area contributed by atoms with Crippen LogP contribution in [0.15, 0.2) is 30.5 Å². The molecule has 0 bridgehead atoms. The number of nitrogens with one attached hydrogen (secondary N) is 1. The second-order valence-corrected chi connectivity index (χ2v) is 5.39. The third kappa shape index (κ3) is 4.76. The maximum Gasteiger partial charge on any atom is 0.137 e. The molecule has 0 saturated heterocycles. The molecule has 2 rings (SSSR count). The van der Waals surface area contributed by atoms with Crippen molar-refractivity contribution in [2.75, 3.05) is 13.2 Å². The maximum atomic E-state index is 6.26. The van der Waals surface area contributed by atoms with Gasteiger partial charge >= 0.3 is 0 Å². The smallest absolute Gasteiger partial charge is 0.137 e. The highest BCUT2D eigenvalue weighted by Crippen LogP contribution is 2.25. The largest absolute Gasteiger partial charge is 0.492 e. The summed E-state index contributed by atoms with van der Waals surface area (Å²) in [5.74, 6) is 0.734. The molecule has 4 nitrogen and oxygen atoms in total. The molecule has 21 heavy (non-hydrogen) atoms. The third-order valence-electron chi connectivity index (χ3n) is 3.29. The SMILES string of the molecule is CCCNCc1ccc(OCCc2ccnn2C)c(Cl)c1. The van der Waals surface area contributed by atoms with Gasteiger partial charge < -0.3 is 10.1 Å². The Hall–Kier alpha value is -1.52. The zero-order chi connectivity index (χ0) is 15.1. The lowest BCUT2D eigenvalue weighted by atomic mass is 10.2. The van der Waals surface area contributed by atoms with Crippen LogP contribution < -0.4 is 10.1 Å². The Morgan fingerprint density at radius 1 is 1.33 bits per heavy atom. The minimum Gasteiger partial charge on any atom is -0.492 e. The number of aromatic nitrogens is 2. The van der Waals surface area contributed by atoms with E-state index in [1.807, 2.05) is 36.0 Å². The number of benzene rings is 1. The molecule has 1 aromatic carbocycles. The van der Waals surface area contributed by atoms with Gasteiger partial charge in [-0.1, -0.05) is 24.6 Å². The lowest BCUT2D eigenvalue weighted by molar-refractivity contribution is 0.318. The zero-order valence-electron chi connectivity index (χ0n) is 12.6. The summed E-state index contributed by atoms with van der Waals surface area (Å²) in [7, 11) is 1.93. The van der Waals surface area contributed by atoms with Crippen molar-refractivity contribution in [2.24, 2.45) is 7.05 Å². The number of aryl methyl sites for hydroxylation is 1. The fourth-order valence-electron chi connectivity index (χ4n) is 2.09. The topological polar surface area (TPSA) is 39.1 Å². The molecule has 0 saturated carbocycles. The van der Waals surface area contributed by atoms with Gasteiger partial charge in [0.15, 0.2) is 0 Å². The standard InChI is InChI=1S/C16H22ClN3O/c1-3-8-18-12-13-4-5-16(15(17)11-13)21-10-7-14-6-9-19-20(14)2/h4-6,9,11,18H,3,7-8,10,12H2,1-2H3. The van der Waals surface area contributed by atoms with Crippen LogP contribution in [0.1, 0.15) is 24.6 Å². The molecule has 1 heterocycles. The maximum absolute atomic E-state index is 6.26. The molecule has 0 fully saturated rings. The van der Waals surface area contributed by atoms with Crippen molar-refractivity contribution < 1.29 is 4.74 Å². The number of hydrogen-bond acceptors (Lipinski definition) is 3. The van der Waals surface area contributed by atoms with Crippen molar-refractivity contribution in [1.82, 2.24) is 15.1 Å². The van der Waals surface area contributed by atoms with E-state index < -0.39 is 0 Å². The van der Waals surface area contributed by atoms with Crippen molar-refractivity contribution in [3.05, 3.63) is 46.7 Å². The van der Waals surface area contributed by atoms with Crippen molar-refractivity contribution in [3.63, 3.8) is 0 Å². The summed E-state index contributed by atoms with van der Waals surface area (Å²) in [6.07, 6.45) is 3.73. The van der Waals surface area contributed by atoms with Crippen LogP contribution in [-0.2, 0) is 20.0 Å². The van der Waals surface area contributed by atoms with Crippen LogP contribution in [0.5, 0.6) is 5.75 Å². The first-order chi connectivity index (χ1) is 10.2. The van der Waals surface area contributed by atoms with E-state index in [4.69, 9.17) is 16.3 Å². The Morgan fingerprint density at radius 3 is 2.86 bits per heavy atom. The fourth-order valence-corrected chi connectivity index (χ4v) is 2.35. The second-order valence-electron chi connectivity index (χ2n) is 4.99. The fraction of sp³-hybridized carbons (Fsp3) is 0.438. The molecule has 0 amide bonds. The molecule has 2 aromatic rings. The molecule has 0 aliphatic rings. The molecular formula is C16H22ClN3O. The van der Waals surface area contributed by atoms with Gasteiger partial charge in [-0.2, -0.15) is 5.10 Å². The van der Waals surface area contributed by atoms with Crippen LogP contribution in [0.3, 0.4) is 0 Å². The van der Waals surface area contributed by atoms with Gasteiger partial charge in [0.2, 0.25) is 0 Å². The van der Waals surface area contributed by atoms with Crippen LogP contribution in [0.4, 0.5) is 0 Å². The van der Waals surface area contributed by atoms with Gasteiger partial charge in [0, 0.05) is 31.9 Å². The highest BCUT2D eigenvalue weighted by atomic mass is 35.5. The van der Waals surface area contributed by atoms with Gasteiger partial charge in [0.05, 0.1) is 11.6 Å². The van der Waals surface area contributed by atoms with Crippen LogP contribution >= 0.6 is 11.6 Å². The monoisotopic (exact) mass is 307 g/mol. The van der Waals surface area contributed by atoms with E-state index in [9.17, 15) is 0 Å². The molecule has 0 spiro atoms. The summed E-state index contributed by atoms with van der Waals surface area (Å²) in [6.45, 7) is 4.59. The Kier molecular flexibility index (Phi) is 6.08. The van der Waals surface area contributed by atoms with E-state index in [1.165, 1.54) is 5.56 Å². The predicted octanol–water partition coefficient (Wildman–Crippen LogP) is 3.19. The van der Waals surface area contributed by atoms with Crippen LogP contribution in [0.25, 0.3) is 0 Å². The summed E-state index contributed by atoms with van der Waals surface area (Å²) >= 11 is 6.26. The van der Waals surface area contributed by atoms with E-state index in [1.54, 1.807) is 6.20 Å². The first-order valence-corrected chi connectivity index (χ1v) is 7.67. The minimum absolute atomic E-state index is 0.590. The molecule has 0 atom stereocenters. The molecule has 0 radical (unpaired) electrons. The quantitative estimate of drug-likeness (QED) is 0.761. The molecular weight excluding hydrogens is 286 g/mol. The molecule has 114 valence electrons. The molecule has 1 aromatic heterocycles. The van der Waals surface area contributed by atoms with Gasteiger partial charge in [0.25, 0.3) is 0 Å². The molecule has 1 N–H and O–H groups in total. The molecule has 0 unspecified atom stereocenters. The number of hydrogen-bond donors (Lipinski definition) is 1. The number of ether oxygens (including phenoxy) is 1. The average Bonchev–Trinajstić information content (AvgIpc) is 2.87. The second kappa shape index (κ2) is 8.05. The lowest BCUT2D eigenvalue weighted by Crippen LogP contribution is -2.13. The van der Waals surface area contributed by atoms with Crippen molar-refractivity contribution >= 4 is 11.6 Å². The third-order valence-corrected chi connectivity index (χ3v) is 3.59. The average molecular weight is 308 g/mol. The van der Waals surface area contributed by atoms with Crippen LogP contribution in [-0.4, -0.2) is 22.9 Å². The van der Waals surface area contributed by atoms with E-state index >= 15 is 0 Å². The Balaban J connectivity index is 1.84. The Bertz CT molecular complexity index is 568. The summed E-state index contributed by atoms with van der Waals surface area (Å²) in [4.78, 5) is 0. The minimum atomic E-state index is 0.590. The first-order valence-electron chi connectivity index (χ1n) is 7.29. The Morgan fingerprint density at radius 2 is 2.19 bits per heavy atom. The van der Waals surface area contributed by atoms with E-state index in [-0.39, 0.29) is 0 Å². The summed E-state index contributed by atoms with van der Waals surface area (Å²) < 4.78 is 7.61. The Labute approximate surface area is 131 Å². The van der Waals surface area contributed by atoms with Gasteiger partial charge in [-0.25, -0.2) is 0 Å². The molecule has 0 aliphatic heterocycles. The molecule has 0 aliphatic carbocycles. The van der Waals surface area contributed by atoms with Crippen molar-refractivity contribution in [1.29, 1.82) is 0 Å². The van der Waals surface area contributed by atoms with Crippen LogP contribution in [0, 0.1) is 0 Å². The van der Waals surface area contributed by atoms with Crippen molar-refractivity contribution in [2.45, 2.75) is 26.3 Å². The van der Waals surface area contributed by atoms with Gasteiger partial charge in [0.1, 0.15) is 5.75 Å². The number of halogens is 1. The summed E-state index contributed by atoms with van der Waals surface area (Å²) in [6, 6.07) is 7.94. The van der Waals surface area contributed by atoms with E-state index in [0.29, 0.717) is 11.6 Å². The summed E-state index contributed by atoms with van der Waals surface area (Å²) in [5, 5.41) is 8.15. The van der Waals surface area contributed by atoms with Gasteiger partial charge in [-0.05, 0) is 36.7 Å². The van der Waals surface area contributed by atoms with Gasteiger partial charge in [-0.15, -0.1) is 0 Å². The van der Waals surface area contributed by atoms with E-state index in [2.05, 4.69) is 17.3 Å². The highest BCUT2D eigenvalue weighted by molar-refractivity contribution is 6.32. The highest BCUT2D eigenvalue weighted by Gasteiger charge is 2.04. The zero-order valence-corrected chi connectivity index (χ0v) is 13.4. The van der Waals surface area contributed by atoms with Gasteiger partial charge in [-0.3, -0.25) is 4.68 Å². The normalized spacial score (nSPS) is 10.8. The molecule has 5 heteroatoms. The first kappa shape index (κ1) is 15.9. The summed E-state index contributed by atoms with van der Waals surface area (Å²) in [5.41, 5.74) is 2.32. The van der Waals surface area contributed by atoms with Crippen molar-refractivity contribution in [3.8, 4) is 5.75 Å². The number of rotatable bonds is 8. The number of nitrogens with zero attached hydrogens (tertiary/aromatic N) is 2. The van der Waals surface area contributed by atoms with E-state index in [0.717, 1.165) is 37.4 Å². The predicted molar refractivity (Wildman–Crippen MR) is 85.9 cm³/mol.